The van der Waals surface area contributed by atoms with Crippen LogP contribution in [0.15, 0.2) is 0 Å². The van der Waals surface area contributed by atoms with Gasteiger partial charge in [0.05, 0.1) is 5.92 Å². The Kier molecular flexibility index (Phi) is 5.73. The zero-order valence-electron chi connectivity index (χ0n) is 10.6. The van der Waals surface area contributed by atoms with Gasteiger partial charge in [0.2, 0.25) is 0 Å². The lowest BCUT2D eigenvalue weighted by molar-refractivity contribution is -0.183. The van der Waals surface area contributed by atoms with Gasteiger partial charge in [0.1, 0.15) is 0 Å². The number of hydrogen-bond donors (Lipinski definition) is 2. The first kappa shape index (κ1) is 14.8. The summed E-state index contributed by atoms with van der Waals surface area (Å²) >= 11 is 0. The molecule has 0 aromatic rings. The van der Waals surface area contributed by atoms with Gasteiger partial charge in [-0.15, -0.1) is 0 Å². The normalized spacial score (nSPS) is 28.1. The molecule has 2 nitrogen and oxygen atoms in total. The van der Waals surface area contributed by atoms with Crippen LogP contribution in [-0.2, 0) is 0 Å². The highest BCUT2D eigenvalue weighted by molar-refractivity contribution is 4.79. The van der Waals surface area contributed by atoms with Crippen LogP contribution in [0.1, 0.15) is 32.6 Å². The molecule has 5 heteroatoms. The van der Waals surface area contributed by atoms with Crippen LogP contribution in [0, 0.1) is 11.8 Å². The zero-order chi connectivity index (χ0) is 12.9. The van der Waals surface area contributed by atoms with E-state index in [9.17, 15) is 13.2 Å². The molecule has 0 heterocycles. The minimum absolute atomic E-state index is 0.302. The van der Waals surface area contributed by atoms with E-state index in [-0.39, 0.29) is 0 Å². The molecular weight excluding hydrogens is 229 g/mol. The van der Waals surface area contributed by atoms with Gasteiger partial charge in [-0.2, -0.15) is 13.2 Å². The molecule has 0 bridgehead atoms. The molecule has 102 valence electrons. The molecule has 1 saturated carbocycles. The van der Waals surface area contributed by atoms with Gasteiger partial charge in [-0.05, 0) is 52.1 Å². The Morgan fingerprint density at radius 1 is 1.18 bits per heavy atom. The summed E-state index contributed by atoms with van der Waals surface area (Å²) in [5.74, 6) is -0.651. The lowest BCUT2D eigenvalue weighted by atomic mass is 9.81. The van der Waals surface area contributed by atoms with Crippen LogP contribution in [0.25, 0.3) is 0 Å². The number of rotatable bonds is 5. The minimum atomic E-state index is -3.99. The Hall–Kier alpha value is -0.290. The number of halogens is 3. The molecule has 0 radical (unpaired) electrons. The van der Waals surface area contributed by atoms with Crippen molar-refractivity contribution in [2.75, 3.05) is 20.1 Å². The van der Waals surface area contributed by atoms with Crippen molar-refractivity contribution in [3.05, 3.63) is 0 Å². The van der Waals surface area contributed by atoms with E-state index in [1.807, 2.05) is 7.05 Å². The number of alkyl halides is 3. The Morgan fingerprint density at radius 3 is 2.24 bits per heavy atom. The molecule has 1 rings (SSSR count). The van der Waals surface area contributed by atoms with Crippen LogP contribution in [-0.4, -0.2) is 32.4 Å². The average Bonchev–Trinajstić information content (AvgIpc) is 2.26. The summed E-state index contributed by atoms with van der Waals surface area (Å²) < 4.78 is 37.4. The Bertz CT molecular complexity index is 210. The molecule has 0 spiro atoms. The monoisotopic (exact) mass is 252 g/mol. The summed E-state index contributed by atoms with van der Waals surface area (Å²) in [7, 11) is 1.90. The topological polar surface area (TPSA) is 24.1 Å². The molecule has 1 aliphatic rings. The van der Waals surface area contributed by atoms with Gasteiger partial charge in [-0.1, -0.05) is 0 Å². The summed E-state index contributed by atoms with van der Waals surface area (Å²) in [6.07, 6.45) is -1.99. The predicted molar refractivity (Wildman–Crippen MR) is 62.9 cm³/mol. The molecule has 1 fully saturated rings. The van der Waals surface area contributed by atoms with E-state index >= 15 is 0 Å². The van der Waals surface area contributed by atoms with Crippen molar-refractivity contribution in [3.8, 4) is 0 Å². The molecule has 2 N–H and O–H groups in total. The second-order valence-corrected chi connectivity index (χ2v) is 5.13. The summed E-state index contributed by atoms with van der Waals surface area (Å²) in [5.41, 5.74) is 0. The van der Waals surface area contributed by atoms with Crippen molar-refractivity contribution >= 4 is 0 Å². The van der Waals surface area contributed by atoms with Crippen molar-refractivity contribution in [1.82, 2.24) is 10.6 Å². The first-order valence-corrected chi connectivity index (χ1v) is 6.38. The standard InChI is InChI=1S/C12H23F3N2/c1-9(7-16-2)17-8-10-3-5-11(6-4-10)12(13,14)15/h9-11,16-17H,3-8H2,1-2H3. The third-order valence-electron chi connectivity index (χ3n) is 3.57. The first-order valence-electron chi connectivity index (χ1n) is 6.38. The van der Waals surface area contributed by atoms with Gasteiger partial charge in [-0.3, -0.25) is 0 Å². The number of nitrogens with one attached hydrogen (secondary N) is 2. The van der Waals surface area contributed by atoms with Gasteiger partial charge in [0.15, 0.2) is 0 Å². The fourth-order valence-electron chi connectivity index (χ4n) is 2.44. The van der Waals surface area contributed by atoms with Gasteiger partial charge in [0.25, 0.3) is 0 Å². The number of hydrogen-bond acceptors (Lipinski definition) is 2. The second-order valence-electron chi connectivity index (χ2n) is 5.13. The zero-order valence-corrected chi connectivity index (χ0v) is 10.6. The molecule has 1 unspecified atom stereocenters. The summed E-state index contributed by atoms with van der Waals surface area (Å²) in [6, 6.07) is 0.375. The largest absolute Gasteiger partial charge is 0.391 e. The first-order chi connectivity index (χ1) is 7.93. The fourth-order valence-corrected chi connectivity index (χ4v) is 2.44. The van der Waals surface area contributed by atoms with Crippen molar-refractivity contribution in [2.24, 2.45) is 11.8 Å². The highest BCUT2D eigenvalue weighted by atomic mass is 19.4. The van der Waals surface area contributed by atoms with Gasteiger partial charge >= 0.3 is 6.18 Å². The molecule has 17 heavy (non-hydrogen) atoms. The van der Waals surface area contributed by atoms with Gasteiger partial charge < -0.3 is 10.6 Å². The van der Waals surface area contributed by atoms with Crippen LogP contribution < -0.4 is 10.6 Å². The molecular formula is C12H23F3N2. The summed E-state index contributed by atoms with van der Waals surface area (Å²) in [5, 5.41) is 6.43. The minimum Gasteiger partial charge on any atom is -0.318 e. The summed E-state index contributed by atoms with van der Waals surface area (Å²) in [6.45, 7) is 3.81. The van der Waals surface area contributed by atoms with E-state index in [1.54, 1.807) is 0 Å². The fraction of sp³-hybridized carbons (Fsp3) is 1.00. The maximum atomic E-state index is 12.5. The van der Waals surface area contributed by atoms with E-state index in [0.717, 1.165) is 13.1 Å². The quantitative estimate of drug-likeness (QED) is 0.785. The SMILES string of the molecule is CNCC(C)NCC1CCC(C(F)(F)F)CC1. The maximum Gasteiger partial charge on any atom is 0.391 e. The third kappa shape index (κ3) is 5.25. The van der Waals surface area contributed by atoms with E-state index < -0.39 is 12.1 Å². The van der Waals surface area contributed by atoms with Crippen molar-refractivity contribution in [2.45, 2.75) is 44.8 Å². The third-order valence-corrected chi connectivity index (χ3v) is 3.57. The van der Waals surface area contributed by atoms with Crippen LogP contribution >= 0.6 is 0 Å². The van der Waals surface area contributed by atoms with E-state index in [1.165, 1.54) is 0 Å². The maximum absolute atomic E-state index is 12.5. The second kappa shape index (κ2) is 6.59. The van der Waals surface area contributed by atoms with Crippen LogP contribution in [0.5, 0.6) is 0 Å². The van der Waals surface area contributed by atoms with Crippen molar-refractivity contribution in [1.29, 1.82) is 0 Å². The molecule has 0 aromatic carbocycles. The Labute approximate surface area is 101 Å². The highest BCUT2D eigenvalue weighted by Crippen LogP contribution is 2.39. The predicted octanol–water partition coefficient (Wildman–Crippen LogP) is 2.55. The van der Waals surface area contributed by atoms with E-state index in [4.69, 9.17) is 0 Å². The number of likely N-dealkylation sites (N-methyl/N-ethyl adjacent to an activating group) is 1. The molecule has 0 amide bonds. The lowest BCUT2D eigenvalue weighted by Gasteiger charge is -2.30. The van der Waals surface area contributed by atoms with Crippen molar-refractivity contribution in [3.63, 3.8) is 0 Å². The van der Waals surface area contributed by atoms with E-state index in [2.05, 4.69) is 17.6 Å². The smallest absolute Gasteiger partial charge is 0.318 e. The molecule has 0 saturated heterocycles. The van der Waals surface area contributed by atoms with Crippen molar-refractivity contribution < 1.29 is 13.2 Å². The van der Waals surface area contributed by atoms with E-state index in [0.29, 0.717) is 37.6 Å². The van der Waals surface area contributed by atoms with Gasteiger partial charge in [0, 0.05) is 12.6 Å². The molecule has 1 atom stereocenters. The Morgan fingerprint density at radius 2 is 1.76 bits per heavy atom. The lowest BCUT2D eigenvalue weighted by Crippen LogP contribution is -2.39. The average molecular weight is 252 g/mol. The molecule has 1 aliphatic carbocycles. The van der Waals surface area contributed by atoms with Gasteiger partial charge in [-0.25, -0.2) is 0 Å². The molecule has 0 aromatic heterocycles. The summed E-state index contributed by atoms with van der Waals surface area (Å²) in [4.78, 5) is 0. The highest BCUT2D eigenvalue weighted by Gasteiger charge is 2.41. The van der Waals surface area contributed by atoms with Crippen LogP contribution in [0.4, 0.5) is 13.2 Å². The Balaban J connectivity index is 2.19. The molecule has 0 aliphatic heterocycles. The van der Waals surface area contributed by atoms with Crippen LogP contribution in [0.3, 0.4) is 0 Å². The van der Waals surface area contributed by atoms with Crippen LogP contribution in [0.2, 0.25) is 0 Å².